The van der Waals surface area contributed by atoms with Crippen LogP contribution in [0.5, 0.6) is 5.75 Å². The van der Waals surface area contributed by atoms with Crippen LogP contribution in [0, 0.1) is 0 Å². The van der Waals surface area contributed by atoms with Gasteiger partial charge in [0.25, 0.3) is 0 Å². The van der Waals surface area contributed by atoms with Crippen molar-refractivity contribution < 1.29 is 9.53 Å². The Morgan fingerprint density at radius 3 is 2.70 bits per heavy atom. The Hall–Kier alpha value is -1.88. The Balaban J connectivity index is 2.13. The predicted molar refractivity (Wildman–Crippen MR) is 82.1 cm³/mol. The average Bonchev–Trinajstić information content (AvgIpc) is 2.38. The second-order valence-corrected chi connectivity index (χ2v) is 5.47. The molecule has 0 radical (unpaired) electrons. The summed E-state index contributed by atoms with van der Waals surface area (Å²) in [6.07, 6.45) is 0. The van der Waals surface area contributed by atoms with E-state index in [9.17, 15) is 4.79 Å². The molecule has 0 aliphatic heterocycles. The number of carbonyl (C=O) groups is 1. The SMILES string of the molecule is CC(C)Nc1cccc(C(=O)Oc2cccc(Br)c2)n1. The molecule has 0 saturated heterocycles. The fourth-order valence-electron chi connectivity index (χ4n) is 1.61. The Labute approximate surface area is 126 Å². The first-order valence-corrected chi connectivity index (χ1v) is 7.05. The fraction of sp³-hybridized carbons (Fsp3) is 0.200. The Bertz CT molecular complexity index is 614. The zero-order chi connectivity index (χ0) is 14.5. The first-order chi connectivity index (χ1) is 9.54. The summed E-state index contributed by atoms with van der Waals surface area (Å²) in [5.41, 5.74) is 0.274. The Morgan fingerprint density at radius 1 is 1.25 bits per heavy atom. The third-order valence-corrected chi connectivity index (χ3v) is 2.89. The Kier molecular flexibility index (Phi) is 4.74. The normalized spacial score (nSPS) is 10.4. The summed E-state index contributed by atoms with van der Waals surface area (Å²) in [6.45, 7) is 4.02. The number of hydrogen-bond acceptors (Lipinski definition) is 4. The second-order valence-electron chi connectivity index (χ2n) is 4.55. The maximum Gasteiger partial charge on any atom is 0.362 e. The van der Waals surface area contributed by atoms with Gasteiger partial charge in [-0.25, -0.2) is 9.78 Å². The number of aromatic nitrogens is 1. The quantitative estimate of drug-likeness (QED) is 0.680. The minimum Gasteiger partial charge on any atom is -0.422 e. The van der Waals surface area contributed by atoms with E-state index < -0.39 is 5.97 Å². The molecule has 0 aliphatic rings. The summed E-state index contributed by atoms with van der Waals surface area (Å²) in [5.74, 6) is 0.660. The van der Waals surface area contributed by atoms with Crippen molar-refractivity contribution >= 4 is 27.7 Å². The van der Waals surface area contributed by atoms with Gasteiger partial charge in [0, 0.05) is 10.5 Å². The van der Waals surface area contributed by atoms with Crippen molar-refractivity contribution in [1.82, 2.24) is 4.98 Å². The van der Waals surface area contributed by atoms with Crippen molar-refractivity contribution in [3.63, 3.8) is 0 Å². The molecule has 1 aromatic carbocycles. The molecule has 0 unspecified atom stereocenters. The van der Waals surface area contributed by atoms with Crippen LogP contribution in [0.1, 0.15) is 24.3 Å². The van der Waals surface area contributed by atoms with Crippen LogP contribution in [0.3, 0.4) is 0 Å². The molecule has 1 N–H and O–H groups in total. The number of halogens is 1. The molecule has 0 spiro atoms. The highest BCUT2D eigenvalue weighted by Gasteiger charge is 2.11. The summed E-state index contributed by atoms with van der Waals surface area (Å²) in [4.78, 5) is 16.3. The molecule has 0 aliphatic carbocycles. The number of benzene rings is 1. The van der Waals surface area contributed by atoms with Crippen molar-refractivity contribution in [3.05, 3.63) is 52.6 Å². The summed E-state index contributed by atoms with van der Waals surface area (Å²) >= 11 is 3.33. The third-order valence-electron chi connectivity index (χ3n) is 2.40. The largest absolute Gasteiger partial charge is 0.422 e. The third kappa shape index (κ3) is 4.06. The van der Waals surface area contributed by atoms with Gasteiger partial charge in [0.15, 0.2) is 5.69 Å². The molecule has 0 fully saturated rings. The van der Waals surface area contributed by atoms with Gasteiger partial charge in [-0.3, -0.25) is 0 Å². The van der Waals surface area contributed by atoms with Gasteiger partial charge < -0.3 is 10.1 Å². The molecule has 2 aromatic rings. The molecule has 20 heavy (non-hydrogen) atoms. The summed E-state index contributed by atoms with van der Waals surface area (Å²) in [7, 11) is 0. The monoisotopic (exact) mass is 334 g/mol. The molecule has 5 heteroatoms. The lowest BCUT2D eigenvalue weighted by Gasteiger charge is -2.10. The summed E-state index contributed by atoms with van der Waals surface area (Å²) in [5, 5.41) is 3.15. The molecular weight excluding hydrogens is 320 g/mol. The first kappa shape index (κ1) is 14.5. The number of pyridine rings is 1. The molecule has 2 rings (SSSR count). The maximum atomic E-state index is 12.0. The molecule has 1 aromatic heterocycles. The lowest BCUT2D eigenvalue weighted by atomic mass is 10.3. The van der Waals surface area contributed by atoms with Gasteiger partial charge in [-0.1, -0.05) is 28.1 Å². The topological polar surface area (TPSA) is 51.2 Å². The van der Waals surface area contributed by atoms with E-state index in [4.69, 9.17) is 4.74 Å². The van der Waals surface area contributed by atoms with Crippen LogP contribution in [0.2, 0.25) is 0 Å². The molecule has 0 bridgehead atoms. The van der Waals surface area contributed by atoms with Crippen molar-refractivity contribution in [1.29, 1.82) is 0 Å². The van der Waals surface area contributed by atoms with E-state index in [1.807, 2.05) is 26.0 Å². The number of esters is 1. The van der Waals surface area contributed by atoms with E-state index in [-0.39, 0.29) is 11.7 Å². The summed E-state index contributed by atoms with van der Waals surface area (Å²) in [6, 6.07) is 12.6. The van der Waals surface area contributed by atoms with Crippen LogP contribution in [0.25, 0.3) is 0 Å². The first-order valence-electron chi connectivity index (χ1n) is 6.26. The van der Waals surface area contributed by atoms with E-state index in [0.29, 0.717) is 11.6 Å². The number of rotatable bonds is 4. The van der Waals surface area contributed by atoms with Crippen molar-refractivity contribution in [3.8, 4) is 5.75 Å². The zero-order valence-corrected chi connectivity index (χ0v) is 12.8. The minimum absolute atomic E-state index is 0.249. The van der Waals surface area contributed by atoms with Crippen molar-refractivity contribution in [2.75, 3.05) is 5.32 Å². The van der Waals surface area contributed by atoms with E-state index in [2.05, 4.69) is 26.2 Å². The van der Waals surface area contributed by atoms with Crippen LogP contribution < -0.4 is 10.1 Å². The molecule has 0 saturated carbocycles. The highest BCUT2D eigenvalue weighted by Crippen LogP contribution is 2.19. The molecule has 1 heterocycles. The number of carbonyl (C=O) groups excluding carboxylic acids is 1. The smallest absolute Gasteiger partial charge is 0.362 e. The summed E-state index contributed by atoms with van der Waals surface area (Å²) < 4.78 is 6.13. The van der Waals surface area contributed by atoms with Gasteiger partial charge in [-0.2, -0.15) is 0 Å². The lowest BCUT2D eigenvalue weighted by Crippen LogP contribution is -2.15. The fourth-order valence-corrected chi connectivity index (χ4v) is 1.99. The van der Waals surface area contributed by atoms with E-state index in [1.54, 1.807) is 30.3 Å². The van der Waals surface area contributed by atoms with Gasteiger partial charge in [-0.05, 0) is 44.2 Å². The Morgan fingerprint density at radius 2 is 2.00 bits per heavy atom. The predicted octanol–water partition coefficient (Wildman–Crippen LogP) is 3.88. The van der Waals surface area contributed by atoms with E-state index in [0.717, 1.165) is 4.47 Å². The van der Waals surface area contributed by atoms with Crippen LogP contribution in [0.4, 0.5) is 5.82 Å². The maximum absolute atomic E-state index is 12.0. The van der Waals surface area contributed by atoms with Gasteiger partial charge in [-0.15, -0.1) is 0 Å². The van der Waals surface area contributed by atoms with Crippen LogP contribution in [-0.4, -0.2) is 17.0 Å². The van der Waals surface area contributed by atoms with Crippen LogP contribution in [0.15, 0.2) is 46.9 Å². The minimum atomic E-state index is -0.476. The van der Waals surface area contributed by atoms with Crippen LogP contribution in [-0.2, 0) is 0 Å². The standard InChI is InChI=1S/C15H15BrN2O2/c1-10(2)17-14-8-4-7-13(18-14)15(19)20-12-6-3-5-11(16)9-12/h3-10H,1-2H3,(H,17,18). The molecule has 0 amide bonds. The number of hydrogen-bond donors (Lipinski definition) is 1. The molecule has 104 valence electrons. The number of nitrogens with zero attached hydrogens (tertiary/aromatic N) is 1. The number of nitrogens with one attached hydrogen (secondary N) is 1. The van der Waals surface area contributed by atoms with E-state index in [1.165, 1.54) is 0 Å². The molecule has 0 atom stereocenters. The average molecular weight is 335 g/mol. The highest BCUT2D eigenvalue weighted by atomic mass is 79.9. The van der Waals surface area contributed by atoms with Crippen LogP contribution >= 0.6 is 15.9 Å². The highest BCUT2D eigenvalue weighted by molar-refractivity contribution is 9.10. The van der Waals surface area contributed by atoms with Gasteiger partial charge >= 0.3 is 5.97 Å². The molecule has 4 nitrogen and oxygen atoms in total. The van der Waals surface area contributed by atoms with Crippen molar-refractivity contribution in [2.24, 2.45) is 0 Å². The number of ether oxygens (including phenoxy) is 1. The zero-order valence-electron chi connectivity index (χ0n) is 11.3. The lowest BCUT2D eigenvalue weighted by molar-refractivity contribution is 0.0728. The van der Waals surface area contributed by atoms with Gasteiger partial charge in [0.2, 0.25) is 0 Å². The van der Waals surface area contributed by atoms with Crippen molar-refractivity contribution in [2.45, 2.75) is 19.9 Å². The second kappa shape index (κ2) is 6.52. The molecular formula is C15H15BrN2O2. The van der Waals surface area contributed by atoms with Gasteiger partial charge in [0.1, 0.15) is 11.6 Å². The van der Waals surface area contributed by atoms with E-state index >= 15 is 0 Å². The number of anilines is 1. The van der Waals surface area contributed by atoms with Gasteiger partial charge in [0.05, 0.1) is 0 Å².